The van der Waals surface area contributed by atoms with Crippen LogP contribution in [0.1, 0.15) is 38.4 Å². The van der Waals surface area contributed by atoms with Crippen molar-refractivity contribution in [2.45, 2.75) is 45.3 Å². The monoisotopic (exact) mass is 406 g/mol. The van der Waals surface area contributed by atoms with Gasteiger partial charge in [0.25, 0.3) is 5.56 Å². The van der Waals surface area contributed by atoms with Gasteiger partial charge in [0, 0.05) is 18.4 Å². The second-order valence-corrected chi connectivity index (χ2v) is 8.03. The van der Waals surface area contributed by atoms with Crippen molar-refractivity contribution in [1.29, 1.82) is 0 Å². The van der Waals surface area contributed by atoms with Gasteiger partial charge >= 0.3 is 0 Å². The van der Waals surface area contributed by atoms with E-state index in [4.69, 9.17) is 0 Å². The number of benzene rings is 1. The summed E-state index contributed by atoms with van der Waals surface area (Å²) in [5, 5.41) is 3.41. The molecule has 3 heterocycles. The summed E-state index contributed by atoms with van der Waals surface area (Å²) < 4.78 is 1.63. The second kappa shape index (κ2) is 8.73. The van der Waals surface area contributed by atoms with Gasteiger partial charge in [0.05, 0.1) is 29.0 Å². The van der Waals surface area contributed by atoms with Crippen molar-refractivity contribution in [3.63, 3.8) is 0 Å². The number of nitrogens with zero attached hydrogens (tertiary/aromatic N) is 3. The average Bonchev–Trinajstić information content (AvgIpc) is 3.25. The molecule has 1 fully saturated rings. The zero-order valence-corrected chi connectivity index (χ0v) is 17.1. The van der Waals surface area contributed by atoms with Crippen molar-refractivity contribution in [1.82, 2.24) is 25.4 Å². The van der Waals surface area contributed by atoms with E-state index >= 15 is 0 Å². The number of fused-ring (bicyclic) bond motifs is 1. The maximum atomic E-state index is 12.8. The number of nitrogens with one attached hydrogen (secondary N) is 3. The van der Waals surface area contributed by atoms with Crippen molar-refractivity contribution in [2.24, 2.45) is 5.92 Å². The van der Waals surface area contributed by atoms with E-state index in [1.54, 1.807) is 35.3 Å². The van der Waals surface area contributed by atoms with Crippen molar-refractivity contribution in [2.75, 3.05) is 5.32 Å². The first-order chi connectivity index (χ1) is 14.5. The van der Waals surface area contributed by atoms with Crippen LogP contribution < -0.4 is 21.7 Å². The van der Waals surface area contributed by atoms with Crippen LogP contribution >= 0.6 is 0 Å². The zero-order chi connectivity index (χ0) is 21.1. The minimum atomic E-state index is -0.399. The Kier molecular flexibility index (Phi) is 5.87. The van der Waals surface area contributed by atoms with E-state index in [-0.39, 0.29) is 17.5 Å². The molecule has 30 heavy (non-hydrogen) atoms. The van der Waals surface area contributed by atoms with Gasteiger partial charge in [-0.15, -0.1) is 0 Å². The van der Waals surface area contributed by atoms with E-state index in [1.165, 1.54) is 0 Å². The van der Waals surface area contributed by atoms with Gasteiger partial charge < -0.3 is 5.32 Å². The molecule has 1 aliphatic rings. The molecule has 1 saturated heterocycles. The normalized spacial score (nSPS) is 18.8. The van der Waals surface area contributed by atoms with Gasteiger partial charge in [-0.2, -0.15) is 0 Å². The van der Waals surface area contributed by atoms with Crippen molar-refractivity contribution >= 4 is 22.5 Å². The first kappa shape index (κ1) is 20.2. The molecule has 1 aromatic carbocycles. The quantitative estimate of drug-likeness (QED) is 0.581. The van der Waals surface area contributed by atoms with E-state index in [2.05, 4.69) is 40.0 Å². The summed E-state index contributed by atoms with van der Waals surface area (Å²) >= 11 is 0. The molecule has 8 nitrogen and oxygen atoms in total. The lowest BCUT2D eigenvalue weighted by atomic mass is 10.1. The van der Waals surface area contributed by atoms with Crippen LogP contribution in [0.3, 0.4) is 0 Å². The Labute approximate surface area is 174 Å². The molecule has 2 aromatic heterocycles. The van der Waals surface area contributed by atoms with Gasteiger partial charge in [-0.1, -0.05) is 19.9 Å². The third kappa shape index (κ3) is 4.39. The minimum absolute atomic E-state index is 0.0316. The Morgan fingerprint density at radius 2 is 2.10 bits per heavy atom. The van der Waals surface area contributed by atoms with Crippen molar-refractivity contribution < 1.29 is 4.79 Å². The van der Waals surface area contributed by atoms with E-state index in [1.807, 2.05) is 18.2 Å². The molecule has 2 unspecified atom stereocenters. The number of carbonyl (C=O) groups excluding carboxylic acids is 1. The van der Waals surface area contributed by atoms with Crippen LogP contribution in [-0.4, -0.2) is 26.5 Å². The van der Waals surface area contributed by atoms with Crippen LogP contribution in [0.4, 0.5) is 5.69 Å². The first-order valence-corrected chi connectivity index (χ1v) is 10.2. The molecule has 1 amide bonds. The third-order valence-corrected chi connectivity index (χ3v) is 5.30. The molecule has 3 aromatic rings. The lowest BCUT2D eigenvalue weighted by molar-refractivity contribution is -0.117. The summed E-state index contributed by atoms with van der Waals surface area (Å²) in [5.41, 5.74) is 8.15. The van der Waals surface area contributed by atoms with Crippen LogP contribution in [0.15, 0.2) is 53.7 Å². The fourth-order valence-electron chi connectivity index (χ4n) is 3.53. The van der Waals surface area contributed by atoms with Crippen molar-refractivity contribution in [3.05, 3.63) is 65.0 Å². The summed E-state index contributed by atoms with van der Waals surface area (Å²) in [5.74, 6) is 0.338. The number of hydrogen-bond donors (Lipinski definition) is 3. The molecule has 2 atom stereocenters. The molecular weight excluding hydrogens is 380 g/mol. The highest BCUT2D eigenvalue weighted by Crippen LogP contribution is 2.21. The Balaban J connectivity index is 1.47. The molecule has 8 heteroatoms. The molecule has 3 N–H and O–H groups in total. The van der Waals surface area contributed by atoms with Crippen LogP contribution in [-0.2, 0) is 11.3 Å². The molecule has 4 rings (SSSR count). The van der Waals surface area contributed by atoms with Gasteiger partial charge in [-0.05, 0) is 49.1 Å². The van der Waals surface area contributed by atoms with Gasteiger partial charge in [-0.3, -0.25) is 19.1 Å². The molecule has 0 saturated carbocycles. The molecule has 0 aliphatic carbocycles. The molecule has 156 valence electrons. The number of pyridine rings is 1. The topological polar surface area (TPSA) is 101 Å². The van der Waals surface area contributed by atoms with Crippen LogP contribution in [0.25, 0.3) is 10.9 Å². The van der Waals surface area contributed by atoms with E-state index in [9.17, 15) is 9.59 Å². The number of hydrazine groups is 1. The average molecular weight is 406 g/mol. The molecule has 0 spiro atoms. The predicted octanol–water partition coefficient (Wildman–Crippen LogP) is 2.38. The first-order valence-electron chi connectivity index (χ1n) is 10.2. The number of rotatable bonds is 6. The largest absolute Gasteiger partial charge is 0.325 e. The summed E-state index contributed by atoms with van der Waals surface area (Å²) in [6.07, 6.45) is 4.82. The van der Waals surface area contributed by atoms with Crippen molar-refractivity contribution in [3.8, 4) is 0 Å². The minimum Gasteiger partial charge on any atom is -0.325 e. The van der Waals surface area contributed by atoms with E-state index in [0.717, 1.165) is 12.1 Å². The summed E-state index contributed by atoms with van der Waals surface area (Å²) in [4.78, 5) is 34.3. The summed E-state index contributed by atoms with van der Waals surface area (Å²) in [6, 6.07) is 10.5. The van der Waals surface area contributed by atoms with Crippen LogP contribution in [0, 0.1) is 5.92 Å². The van der Waals surface area contributed by atoms with Crippen LogP contribution in [0.5, 0.6) is 0 Å². The molecule has 0 radical (unpaired) electrons. The summed E-state index contributed by atoms with van der Waals surface area (Å²) in [7, 11) is 0. The number of aromatic nitrogens is 3. The number of carbonyl (C=O) groups is 1. The maximum absolute atomic E-state index is 12.8. The van der Waals surface area contributed by atoms with Gasteiger partial charge in [0.1, 0.15) is 6.04 Å². The fraction of sp³-hybridized carbons (Fsp3) is 0.364. The van der Waals surface area contributed by atoms with E-state index in [0.29, 0.717) is 35.5 Å². The summed E-state index contributed by atoms with van der Waals surface area (Å²) in [6.45, 7) is 4.87. The number of aryl methyl sites for hydroxylation is 1. The SMILES string of the molecule is CC(C)CCn1cnc2ccc(NC(=O)C3CC(c4ccccn4)NN3)cc2c1=O. The highest BCUT2D eigenvalue weighted by molar-refractivity contribution is 5.96. The van der Waals surface area contributed by atoms with Crippen LogP contribution in [0.2, 0.25) is 0 Å². The van der Waals surface area contributed by atoms with E-state index < -0.39 is 6.04 Å². The Morgan fingerprint density at radius 3 is 2.87 bits per heavy atom. The lowest BCUT2D eigenvalue weighted by Gasteiger charge is -2.12. The lowest BCUT2D eigenvalue weighted by Crippen LogP contribution is -2.39. The van der Waals surface area contributed by atoms with Gasteiger partial charge in [-0.25, -0.2) is 15.8 Å². The smallest absolute Gasteiger partial charge is 0.261 e. The Bertz CT molecular complexity index is 1100. The predicted molar refractivity (Wildman–Crippen MR) is 116 cm³/mol. The molecule has 1 aliphatic heterocycles. The highest BCUT2D eigenvalue weighted by atomic mass is 16.2. The third-order valence-electron chi connectivity index (χ3n) is 5.30. The Hall–Kier alpha value is -3.10. The standard InChI is InChI=1S/C22H26N6O2/c1-14(2)8-10-28-13-24-17-7-6-15(11-16(17)22(28)30)25-21(29)20-12-19(26-27-20)18-5-3-4-9-23-18/h3-7,9,11,13-14,19-20,26-27H,8,10,12H2,1-2H3,(H,25,29). The number of hydrogen-bond acceptors (Lipinski definition) is 6. The second-order valence-electron chi connectivity index (χ2n) is 8.03. The maximum Gasteiger partial charge on any atom is 0.261 e. The van der Waals surface area contributed by atoms with Gasteiger partial charge in [0.2, 0.25) is 5.91 Å². The molecule has 0 bridgehead atoms. The fourth-order valence-corrected chi connectivity index (χ4v) is 3.53. The molecular formula is C22H26N6O2. The Morgan fingerprint density at radius 1 is 1.23 bits per heavy atom. The highest BCUT2D eigenvalue weighted by Gasteiger charge is 2.30. The number of amides is 1. The number of anilines is 1. The van der Waals surface area contributed by atoms with Gasteiger partial charge in [0.15, 0.2) is 0 Å². The zero-order valence-electron chi connectivity index (χ0n) is 17.1.